The van der Waals surface area contributed by atoms with Gasteiger partial charge in [-0.3, -0.25) is 9.59 Å². The van der Waals surface area contributed by atoms with Crippen LogP contribution in [0.1, 0.15) is 66.2 Å². The van der Waals surface area contributed by atoms with Gasteiger partial charge < -0.3 is 10.1 Å². The SMILES string of the molecule is CC(C)c1ccc(C(=O)NC2CCc3nn(CC4CCOCC4)c(=O)cc3C2)cc1. The van der Waals surface area contributed by atoms with E-state index >= 15 is 0 Å². The van der Waals surface area contributed by atoms with Crippen LogP contribution in [0.4, 0.5) is 0 Å². The number of carbonyl (C=O) groups excluding carboxylic acids is 1. The molecule has 0 radical (unpaired) electrons. The highest BCUT2D eigenvalue weighted by Crippen LogP contribution is 2.21. The van der Waals surface area contributed by atoms with E-state index in [9.17, 15) is 9.59 Å². The number of rotatable bonds is 5. The van der Waals surface area contributed by atoms with Gasteiger partial charge in [0.2, 0.25) is 0 Å². The zero-order chi connectivity index (χ0) is 21.1. The fraction of sp³-hybridized carbons (Fsp3) is 0.542. The molecule has 0 bridgehead atoms. The summed E-state index contributed by atoms with van der Waals surface area (Å²) >= 11 is 0. The summed E-state index contributed by atoms with van der Waals surface area (Å²) in [4.78, 5) is 25.2. The molecule has 2 heterocycles. The maximum Gasteiger partial charge on any atom is 0.267 e. The molecule has 6 nitrogen and oxygen atoms in total. The van der Waals surface area contributed by atoms with Gasteiger partial charge in [0.25, 0.3) is 11.5 Å². The van der Waals surface area contributed by atoms with Crippen molar-refractivity contribution in [2.75, 3.05) is 13.2 Å². The molecule has 1 amide bonds. The van der Waals surface area contributed by atoms with Gasteiger partial charge in [-0.2, -0.15) is 5.10 Å². The van der Waals surface area contributed by atoms with Gasteiger partial charge in [-0.25, -0.2) is 4.68 Å². The number of ether oxygens (including phenoxy) is 1. The fourth-order valence-electron chi connectivity index (χ4n) is 4.35. The van der Waals surface area contributed by atoms with Crippen molar-refractivity contribution in [2.45, 2.75) is 64.5 Å². The number of carbonyl (C=O) groups is 1. The molecule has 160 valence electrons. The summed E-state index contributed by atoms with van der Waals surface area (Å²) in [5.41, 5.74) is 3.82. The molecule has 1 fully saturated rings. The fourth-order valence-corrected chi connectivity index (χ4v) is 4.35. The summed E-state index contributed by atoms with van der Waals surface area (Å²) in [5, 5.41) is 7.79. The molecule has 1 aliphatic heterocycles. The lowest BCUT2D eigenvalue weighted by atomic mass is 9.92. The van der Waals surface area contributed by atoms with Crippen molar-refractivity contribution in [1.29, 1.82) is 0 Å². The van der Waals surface area contributed by atoms with Crippen LogP contribution in [0.15, 0.2) is 35.1 Å². The topological polar surface area (TPSA) is 73.2 Å². The largest absolute Gasteiger partial charge is 0.381 e. The molecule has 0 saturated carbocycles. The molecule has 4 rings (SSSR count). The second-order valence-corrected chi connectivity index (χ2v) is 8.88. The van der Waals surface area contributed by atoms with E-state index in [2.05, 4.69) is 24.3 Å². The molecule has 2 aromatic rings. The summed E-state index contributed by atoms with van der Waals surface area (Å²) in [6, 6.07) is 9.55. The number of hydrogen-bond acceptors (Lipinski definition) is 4. The van der Waals surface area contributed by atoms with Crippen molar-refractivity contribution in [3.05, 3.63) is 63.1 Å². The highest BCUT2D eigenvalue weighted by molar-refractivity contribution is 5.94. The van der Waals surface area contributed by atoms with Crippen molar-refractivity contribution >= 4 is 5.91 Å². The predicted molar refractivity (Wildman–Crippen MR) is 116 cm³/mol. The van der Waals surface area contributed by atoms with Crippen LogP contribution in [-0.2, 0) is 24.1 Å². The molecule has 6 heteroatoms. The first-order valence-corrected chi connectivity index (χ1v) is 11.1. The van der Waals surface area contributed by atoms with Gasteiger partial charge in [0.05, 0.1) is 5.69 Å². The van der Waals surface area contributed by atoms with Crippen LogP contribution in [0.3, 0.4) is 0 Å². The third kappa shape index (κ3) is 4.81. The first-order valence-electron chi connectivity index (χ1n) is 11.1. The van der Waals surface area contributed by atoms with E-state index in [1.165, 1.54) is 5.56 Å². The molecular formula is C24H31N3O3. The highest BCUT2D eigenvalue weighted by atomic mass is 16.5. The van der Waals surface area contributed by atoms with Gasteiger partial charge in [0.15, 0.2) is 0 Å². The summed E-state index contributed by atoms with van der Waals surface area (Å²) in [5.74, 6) is 0.847. The van der Waals surface area contributed by atoms with Gasteiger partial charge in [0, 0.05) is 37.4 Å². The average Bonchev–Trinajstić information content (AvgIpc) is 2.75. The number of hydrogen-bond donors (Lipinski definition) is 1. The Balaban J connectivity index is 1.40. The van der Waals surface area contributed by atoms with Crippen LogP contribution in [0.2, 0.25) is 0 Å². The van der Waals surface area contributed by atoms with E-state index in [0.717, 1.165) is 50.2 Å². The van der Waals surface area contributed by atoms with Gasteiger partial charge >= 0.3 is 0 Å². The maximum atomic E-state index is 12.6. The van der Waals surface area contributed by atoms with Crippen LogP contribution >= 0.6 is 0 Å². The summed E-state index contributed by atoms with van der Waals surface area (Å²) in [6.07, 6.45) is 4.24. The molecule has 1 unspecified atom stereocenters. The summed E-state index contributed by atoms with van der Waals surface area (Å²) in [6.45, 7) is 6.49. The summed E-state index contributed by atoms with van der Waals surface area (Å²) in [7, 11) is 0. The van der Waals surface area contributed by atoms with Crippen LogP contribution in [0.25, 0.3) is 0 Å². The monoisotopic (exact) mass is 409 g/mol. The Labute approximate surface area is 177 Å². The van der Waals surface area contributed by atoms with E-state index in [-0.39, 0.29) is 17.5 Å². The van der Waals surface area contributed by atoms with E-state index in [4.69, 9.17) is 4.74 Å². The van der Waals surface area contributed by atoms with Crippen molar-refractivity contribution in [2.24, 2.45) is 5.92 Å². The van der Waals surface area contributed by atoms with Crippen molar-refractivity contribution < 1.29 is 9.53 Å². The van der Waals surface area contributed by atoms with Gasteiger partial charge in [-0.1, -0.05) is 26.0 Å². The van der Waals surface area contributed by atoms with Gasteiger partial charge in [0.1, 0.15) is 0 Å². The summed E-state index contributed by atoms with van der Waals surface area (Å²) < 4.78 is 7.04. The second kappa shape index (κ2) is 9.13. The van der Waals surface area contributed by atoms with Crippen molar-refractivity contribution in [1.82, 2.24) is 15.1 Å². The normalized spacial score (nSPS) is 19.5. The van der Waals surface area contributed by atoms with Crippen molar-refractivity contribution in [3.63, 3.8) is 0 Å². The van der Waals surface area contributed by atoms with E-state index in [0.29, 0.717) is 30.4 Å². The van der Waals surface area contributed by atoms with Gasteiger partial charge in [-0.15, -0.1) is 0 Å². The lowest BCUT2D eigenvalue weighted by Gasteiger charge is -2.26. The van der Waals surface area contributed by atoms with Crippen LogP contribution in [0, 0.1) is 5.92 Å². The Hall–Kier alpha value is -2.47. The molecule has 1 aromatic heterocycles. The molecule has 2 aliphatic rings. The Bertz CT molecular complexity index is 943. The Morgan fingerprint density at radius 3 is 2.63 bits per heavy atom. The number of nitrogens with zero attached hydrogens (tertiary/aromatic N) is 2. The van der Waals surface area contributed by atoms with E-state index in [1.54, 1.807) is 10.7 Å². The number of fused-ring (bicyclic) bond motifs is 1. The Morgan fingerprint density at radius 2 is 1.93 bits per heavy atom. The number of nitrogens with one attached hydrogen (secondary N) is 1. The lowest BCUT2D eigenvalue weighted by molar-refractivity contribution is 0.0595. The molecule has 1 aliphatic carbocycles. The number of aromatic nitrogens is 2. The van der Waals surface area contributed by atoms with Crippen molar-refractivity contribution in [3.8, 4) is 0 Å². The molecular weight excluding hydrogens is 378 g/mol. The predicted octanol–water partition coefficient (Wildman–Crippen LogP) is 3.08. The maximum absolute atomic E-state index is 12.6. The van der Waals surface area contributed by atoms with Crippen LogP contribution in [-0.4, -0.2) is 34.9 Å². The standard InChI is InChI=1S/C24H31N3O3/c1-16(2)18-3-5-19(6-4-18)24(29)25-21-7-8-22-20(13-21)14-23(28)27(26-22)15-17-9-11-30-12-10-17/h3-6,14,16-17,21H,7-13,15H2,1-2H3,(H,25,29). The first kappa shape index (κ1) is 20.8. The molecule has 1 N–H and O–H groups in total. The minimum absolute atomic E-state index is 0.0299. The Morgan fingerprint density at radius 1 is 1.20 bits per heavy atom. The third-order valence-electron chi connectivity index (χ3n) is 6.31. The van der Waals surface area contributed by atoms with E-state index < -0.39 is 0 Å². The third-order valence-corrected chi connectivity index (χ3v) is 6.31. The number of aryl methyl sites for hydroxylation is 1. The molecule has 30 heavy (non-hydrogen) atoms. The van der Waals surface area contributed by atoms with Crippen LogP contribution < -0.4 is 10.9 Å². The molecule has 1 saturated heterocycles. The Kier molecular flexibility index (Phi) is 6.32. The number of benzene rings is 1. The average molecular weight is 410 g/mol. The van der Waals surface area contributed by atoms with E-state index in [1.807, 2.05) is 24.3 Å². The minimum Gasteiger partial charge on any atom is -0.381 e. The molecule has 0 spiro atoms. The first-order chi connectivity index (χ1) is 14.5. The number of amides is 1. The van der Waals surface area contributed by atoms with Gasteiger partial charge in [-0.05, 0) is 67.2 Å². The second-order valence-electron chi connectivity index (χ2n) is 8.88. The molecule has 1 atom stereocenters. The highest BCUT2D eigenvalue weighted by Gasteiger charge is 2.24. The zero-order valence-corrected chi connectivity index (χ0v) is 17.9. The van der Waals surface area contributed by atoms with Crippen LogP contribution in [0.5, 0.6) is 0 Å². The molecule has 1 aromatic carbocycles. The quantitative estimate of drug-likeness (QED) is 0.824. The minimum atomic E-state index is -0.0559. The smallest absolute Gasteiger partial charge is 0.267 e. The zero-order valence-electron chi connectivity index (χ0n) is 17.9. The lowest BCUT2D eigenvalue weighted by Crippen LogP contribution is -2.40.